The SMILES string of the molecule is CCOc1cc2c(cc1CNC(=NC)N1CCN(C(=O)c3ccco3)CC1)OC(C)C2. The van der Waals surface area contributed by atoms with Crippen LogP contribution in [-0.2, 0) is 13.0 Å². The quantitative estimate of drug-likeness (QED) is 0.585. The van der Waals surface area contributed by atoms with Crippen molar-refractivity contribution in [2.24, 2.45) is 4.99 Å². The van der Waals surface area contributed by atoms with E-state index < -0.39 is 0 Å². The Bertz CT molecular complexity index is 933. The lowest BCUT2D eigenvalue weighted by atomic mass is 10.1. The van der Waals surface area contributed by atoms with E-state index in [9.17, 15) is 4.79 Å². The average molecular weight is 427 g/mol. The van der Waals surface area contributed by atoms with Crippen LogP contribution in [0.5, 0.6) is 11.5 Å². The van der Waals surface area contributed by atoms with Crippen LogP contribution in [-0.4, -0.2) is 67.6 Å². The second-order valence-electron chi connectivity index (χ2n) is 7.79. The number of carbonyl (C=O) groups is 1. The van der Waals surface area contributed by atoms with Crippen LogP contribution in [0.3, 0.4) is 0 Å². The first-order valence-corrected chi connectivity index (χ1v) is 10.8. The maximum absolute atomic E-state index is 12.5. The van der Waals surface area contributed by atoms with E-state index in [1.54, 1.807) is 19.2 Å². The number of nitrogens with one attached hydrogen (secondary N) is 1. The Balaban J connectivity index is 1.37. The van der Waals surface area contributed by atoms with Crippen molar-refractivity contribution in [1.82, 2.24) is 15.1 Å². The summed E-state index contributed by atoms with van der Waals surface area (Å²) in [6.07, 6.45) is 2.63. The lowest BCUT2D eigenvalue weighted by molar-refractivity contribution is 0.0657. The number of guanidine groups is 1. The molecule has 0 saturated carbocycles. The number of nitrogens with zero attached hydrogens (tertiary/aromatic N) is 3. The molecule has 166 valence electrons. The number of carbonyl (C=O) groups excluding carboxylic acids is 1. The molecule has 1 aromatic heterocycles. The summed E-state index contributed by atoms with van der Waals surface area (Å²) < 4.78 is 17.0. The molecule has 2 aliphatic heterocycles. The molecule has 1 unspecified atom stereocenters. The minimum atomic E-state index is -0.0682. The lowest BCUT2D eigenvalue weighted by Gasteiger charge is -2.36. The van der Waals surface area contributed by atoms with Gasteiger partial charge in [0.1, 0.15) is 17.6 Å². The highest BCUT2D eigenvalue weighted by atomic mass is 16.5. The number of furan rings is 1. The number of benzene rings is 1. The molecule has 2 aromatic rings. The molecule has 1 atom stereocenters. The highest BCUT2D eigenvalue weighted by molar-refractivity contribution is 5.91. The third kappa shape index (κ3) is 4.62. The molecule has 0 radical (unpaired) electrons. The van der Waals surface area contributed by atoms with Gasteiger partial charge in [-0.1, -0.05) is 0 Å². The minimum Gasteiger partial charge on any atom is -0.494 e. The number of rotatable bonds is 5. The van der Waals surface area contributed by atoms with Gasteiger partial charge in [0.2, 0.25) is 0 Å². The molecule has 0 aliphatic carbocycles. The predicted octanol–water partition coefficient (Wildman–Crippen LogP) is 2.54. The maximum Gasteiger partial charge on any atom is 0.289 e. The van der Waals surface area contributed by atoms with Crippen molar-refractivity contribution < 1.29 is 18.7 Å². The Hall–Kier alpha value is -3.16. The Morgan fingerprint density at radius 1 is 1.26 bits per heavy atom. The molecule has 1 fully saturated rings. The van der Waals surface area contributed by atoms with Gasteiger partial charge >= 0.3 is 0 Å². The first-order valence-electron chi connectivity index (χ1n) is 10.8. The van der Waals surface area contributed by atoms with E-state index in [2.05, 4.69) is 34.3 Å². The Morgan fingerprint density at radius 3 is 2.71 bits per heavy atom. The molecule has 0 bridgehead atoms. The van der Waals surface area contributed by atoms with Gasteiger partial charge in [0.05, 0.1) is 12.9 Å². The van der Waals surface area contributed by atoms with Crippen LogP contribution in [0.1, 0.15) is 35.5 Å². The summed E-state index contributed by atoms with van der Waals surface area (Å²) in [7, 11) is 1.78. The van der Waals surface area contributed by atoms with E-state index in [1.807, 2.05) is 11.8 Å². The predicted molar refractivity (Wildman–Crippen MR) is 118 cm³/mol. The molecule has 31 heavy (non-hydrogen) atoms. The minimum absolute atomic E-state index is 0.0682. The van der Waals surface area contributed by atoms with Crippen molar-refractivity contribution in [1.29, 1.82) is 0 Å². The van der Waals surface area contributed by atoms with Crippen molar-refractivity contribution >= 4 is 11.9 Å². The summed E-state index contributed by atoms with van der Waals surface area (Å²) in [6, 6.07) is 7.61. The molecular formula is C23H30N4O4. The zero-order valence-electron chi connectivity index (χ0n) is 18.4. The van der Waals surface area contributed by atoms with Gasteiger partial charge in [-0.3, -0.25) is 9.79 Å². The summed E-state index contributed by atoms with van der Waals surface area (Å²) >= 11 is 0. The van der Waals surface area contributed by atoms with Crippen LogP contribution >= 0.6 is 0 Å². The molecule has 1 amide bonds. The topological polar surface area (TPSA) is 79.5 Å². The van der Waals surface area contributed by atoms with Crippen LogP contribution < -0.4 is 14.8 Å². The molecule has 8 heteroatoms. The van der Waals surface area contributed by atoms with Crippen molar-refractivity contribution in [2.45, 2.75) is 32.9 Å². The van der Waals surface area contributed by atoms with Crippen LogP contribution in [0.2, 0.25) is 0 Å². The normalized spacial score (nSPS) is 18.5. The van der Waals surface area contributed by atoms with E-state index in [0.29, 0.717) is 45.1 Å². The average Bonchev–Trinajstić information content (AvgIpc) is 3.43. The number of fused-ring (bicyclic) bond motifs is 1. The number of hydrogen-bond donors (Lipinski definition) is 1. The number of ether oxygens (including phenoxy) is 2. The van der Waals surface area contributed by atoms with Gasteiger partial charge in [-0.05, 0) is 38.1 Å². The smallest absolute Gasteiger partial charge is 0.289 e. The van der Waals surface area contributed by atoms with Gasteiger partial charge in [-0.25, -0.2) is 0 Å². The van der Waals surface area contributed by atoms with Gasteiger partial charge in [-0.15, -0.1) is 0 Å². The highest BCUT2D eigenvalue weighted by Gasteiger charge is 2.26. The Morgan fingerprint density at radius 2 is 2.03 bits per heavy atom. The summed E-state index contributed by atoms with van der Waals surface area (Å²) in [6.45, 7) is 7.91. The molecule has 1 N–H and O–H groups in total. The Labute approximate surface area is 182 Å². The molecule has 1 aromatic carbocycles. The maximum atomic E-state index is 12.5. The Kier molecular flexibility index (Phi) is 6.34. The fourth-order valence-corrected chi connectivity index (χ4v) is 4.09. The third-order valence-corrected chi connectivity index (χ3v) is 5.63. The number of amides is 1. The van der Waals surface area contributed by atoms with Crippen LogP contribution in [0.25, 0.3) is 0 Å². The first-order chi connectivity index (χ1) is 15.1. The molecule has 4 rings (SSSR count). The van der Waals surface area contributed by atoms with Crippen molar-refractivity contribution in [3.8, 4) is 11.5 Å². The highest BCUT2D eigenvalue weighted by Crippen LogP contribution is 2.35. The van der Waals surface area contributed by atoms with Gasteiger partial charge in [0.25, 0.3) is 5.91 Å². The van der Waals surface area contributed by atoms with Crippen molar-refractivity contribution in [2.75, 3.05) is 39.8 Å². The second-order valence-corrected chi connectivity index (χ2v) is 7.79. The monoisotopic (exact) mass is 426 g/mol. The van der Waals surface area contributed by atoms with E-state index in [1.165, 1.54) is 11.8 Å². The van der Waals surface area contributed by atoms with Gasteiger partial charge in [-0.2, -0.15) is 0 Å². The van der Waals surface area contributed by atoms with Crippen molar-refractivity contribution in [3.63, 3.8) is 0 Å². The number of piperazine rings is 1. The van der Waals surface area contributed by atoms with Crippen molar-refractivity contribution in [3.05, 3.63) is 47.4 Å². The fourth-order valence-electron chi connectivity index (χ4n) is 4.09. The number of aliphatic imine (C=N–C) groups is 1. The summed E-state index contributed by atoms with van der Waals surface area (Å²) in [5.41, 5.74) is 2.24. The van der Waals surface area contributed by atoms with Gasteiger partial charge in [0, 0.05) is 57.3 Å². The molecule has 0 spiro atoms. The second kappa shape index (κ2) is 9.32. The van der Waals surface area contributed by atoms with E-state index in [0.717, 1.165) is 29.4 Å². The van der Waals surface area contributed by atoms with Gasteiger partial charge in [0.15, 0.2) is 11.7 Å². The van der Waals surface area contributed by atoms with Crippen LogP contribution in [0, 0.1) is 0 Å². The molecule has 8 nitrogen and oxygen atoms in total. The molecule has 2 aliphatic rings. The third-order valence-electron chi connectivity index (χ3n) is 5.63. The van der Waals surface area contributed by atoms with Gasteiger partial charge < -0.3 is 29.0 Å². The molecule has 3 heterocycles. The van der Waals surface area contributed by atoms with E-state index >= 15 is 0 Å². The summed E-state index contributed by atoms with van der Waals surface area (Å²) in [5.74, 6) is 2.94. The zero-order valence-corrected chi connectivity index (χ0v) is 18.4. The van der Waals surface area contributed by atoms with Crippen LogP contribution in [0.15, 0.2) is 39.9 Å². The zero-order chi connectivity index (χ0) is 21.8. The lowest BCUT2D eigenvalue weighted by Crippen LogP contribution is -2.53. The molecular weight excluding hydrogens is 396 g/mol. The largest absolute Gasteiger partial charge is 0.494 e. The number of hydrogen-bond acceptors (Lipinski definition) is 5. The summed E-state index contributed by atoms with van der Waals surface area (Å²) in [5, 5.41) is 3.45. The fraction of sp³-hybridized carbons (Fsp3) is 0.478. The van der Waals surface area contributed by atoms with Crippen LogP contribution in [0.4, 0.5) is 0 Å². The van der Waals surface area contributed by atoms with E-state index in [4.69, 9.17) is 13.9 Å². The summed E-state index contributed by atoms with van der Waals surface area (Å²) in [4.78, 5) is 20.9. The first kappa shape index (κ1) is 21.1. The molecule has 1 saturated heterocycles. The standard InChI is InChI=1S/C23H30N4O4/c1-4-29-20-13-17-12-16(2)31-21(17)14-18(20)15-25-23(24-3)27-9-7-26(8-10-27)22(28)19-6-5-11-30-19/h5-6,11,13-14,16H,4,7-10,12,15H2,1-3H3,(H,24,25). The van der Waals surface area contributed by atoms with E-state index in [-0.39, 0.29) is 12.0 Å².